The van der Waals surface area contributed by atoms with Crippen molar-refractivity contribution in [2.75, 3.05) is 13.1 Å². The molecule has 0 atom stereocenters. The summed E-state index contributed by atoms with van der Waals surface area (Å²) in [7, 11) is -3.54. The molecule has 1 aliphatic rings. The van der Waals surface area contributed by atoms with E-state index >= 15 is 0 Å². The van der Waals surface area contributed by atoms with Crippen LogP contribution in [0.2, 0.25) is 10.0 Å². The first kappa shape index (κ1) is 21.1. The predicted molar refractivity (Wildman–Crippen MR) is 112 cm³/mol. The fourth-order valence-corrected chi connectivity index (χ4v) is 5.35. The standard InChI is InChI=1S/C20H22Cl2N2O3S/c1-13-3-6-19(14(2)11-13)28(26,27)24-9-7-16(8-10-24)23-20(25)15-4-5-17(21)18(22)12-15/h3-6,11-12,16H,7-10H2,1-2H3,(H,23,25). The lowest BCUT2D eigenvalue weighted by Crippen LogP contribution is -2.46. The SMILES string of the molecule is Cc1ccc(S(=O)(=O)N2CCC(NC(=O)c3ccc(Cl)c(Cl)c3)CC2)c(C)c1. The van der Waals surface area contributed by atoms with E-state index in [1.54, 1.807) is 18.2 Å². The Bertz CT molecular complexity index is 1000. The van der Waals surface area contributed by atoms with Crippen molar-refractivity contribution in [3.63, 3.8) is 0 Å². The summed E-state index contributed by atoms with van der Waals surface area (Å²) in [5.74, 6) is -0.241. The van der Waals surface area contributed by atoms with Gasteiger partial charge in [-0.2, -0.15) is 4.31 Å². The van der Waals surface area contributed by atoms with Crippen molar-refractivity contribution in [3.05, 3.63) is 63.1 Å². The summed E-state index contributed by atoms with van der Waals surface area (Å²) in [6.07, 6.45) is 1.11. The summed E-state index contributed by atoms with van der Waals surface area (Å²) in [6, 6.07) is 9.98. The first-order valence-electron chi connectivity index (χ1n) is 9.02. The number of carbonyl (C=O) groups is 1. The maximum absolute atomic E-state index is 13.0. The number of nitrogens with zero attached hydrogens (tertiary/aromatic N) is 1. The molecule has 150 valence electrons. The summed E-state index contributed by atoms with van der Waals surface area (Å²) < 4.78 is 27.4. The molecule has 0 radical (unpaired) electrons. The molecule has 2 aromatic carbocycles. The minimum Gasteiger partial charge on any atom is -0.349 e. The number of sulfonamides is 1. The number of hydrogen-bond donors (Lipinski definition) is 1. The molecule has 1 fully saturated rings. The molecule has 0 saturated carbocycles. The zero-order chi connectivity index (χ0) is 20.5. The highest BCUT2D eigenvalue weighted by Gasteiger charge is 2.31. The number of rotatable bonds is 4. The third kappa shape index (κ3) is 4.51. The van der Waals surface area contributed by atoms with Crippen LogP contribution >= 0.6 is 23.2 Å². The van der Waals surface area contributed by atoms with Gasteiger partial charge in [0.2, 0.25) is 10.0 Å². The Morgan fingerprint density at radius 3 is 2.32 bits per heavy atom. The van der Waals surface area contributed by atoms with E-state index in [4.69, 9.17) is 23.2 Å². The van der Waals surface area contributed by atoms with Gasteiger partial charge in [-0.05, 0) is 56.5 Å². The molecule has 1 N–H and O–H groups in total. The zero-order valence-electron chi connectivity index (χ0n) is 15.7. The number of aryl methyl sites for hydroxylation is 2. The van der Waals surface area contributed by atoms with Crippen LogP contribution in [0.1, 0.15) is 34.3 Å². The number of nitrogens with one attached hydrogen (secondary N) is 1. The molecule has 1 saturated heterocycles. The third-order valence-electron chi connectivity index (χ3n) is 4.92. The molecular formula is C20H22Cl2N2O3S. The molecule has 28 heavy (non-hydrogen) atoms. The van der Waals surface area contributed by atoms with Gasteiger partial charge in [-0.1, -0.05) is 40.9 Å². The molecule has 0 bridgehead atoms. The lowest BCUT2D eigenvalue weighted by atomic mass is 10.1. The summed E-state index contributed by atoms with van der Waals surface area (Å²) >= 11 is 11.8. The highest BCUT2D eigenvalue weighted by molar-refractivity contribution is 7.89. The smallest absolute Gasteiger partial charge is 0.251 e. The number of piperidine rings is 1. The van der Waals surface area contributed by atoms with Crippen molar-refractivity contribution in [3.8, 4) is 0 Å². The number of carbonyl (C=O) groups excluding carboxylic acids is 1. The van der Waals surface area contributed by atoms with Crippen LogP contribution in [0.15, 0.2) is 41.3 Å². The summed E-state index contributed by atoms with van der Waals surface area (Å²) in [6.45, 7) is 4.47. The second kappa shape index (κ2) is 8.41. The van der Waals surface area contributed by atoms with E-state index in [1.807, 2.05) is 26.0 Å². The largest absolute Gasteiger partial charge is 0.349 e. The van der Waals surface area contributed by atoms with Crippen molar-refractivity contribution < 1.29 is 13.2 Å². The Balaban J connectivity index is 1.63. The van der Waals surface area contributed by atoms with Crippen LogP contribution < -0.4 is 5.32 Å². The van der Waals surface area contributed by atoms with E-state index in [9.17, 15) is 13.2 Å². The van der Waals surface area contributed by atoms with E-state index < -0.39 is 10.0 Å². The second-order valence-corrected chi connectivity index (χ2v) is 9.77. The van der Waals surface area contributed by atoms with Gasteiger partial charge in [-0.3, -0.25) is 4.79 Å². The quantitative estimate of drug-likeness (QED) is 0.774. The van der Waals surface area contributed by atoms with Gasteiger partial charge in [-0.15, -0.1) is 0 Å². The molecule has 1 amide bonds. The van der Waals surface area contributed by atoms with Crippen molar-refractivity contribution in [2.24, 2.45) is 0 Å². The zero-order valence-corrected chi connectivity index (χ0v) is 18.0. The third-order valence-corrected chi connectivity index (χ3v) is 7.72. The Hall–Kier alpha value is -1.60. The van der Waals surface area contributed by atoms with Crippen LogP contribution in [0.3, 0.4) is 0 Å². The van der Waals surface area contributed by atoms with Crippen LogP contribution in [0.4, 0.5) is 0 Å². The Morgan fingerprint density at radius 1 is 1.04 bits per heavy atom. The van der Waals surface area contributed by atoms with Gasteiger partial charge < -0.3 is 5.32 Å². The first-order chi connectivity index (χ1) is 13.2. The van der Waals surface area contributed by atoms with Crippen LogP contribution in [0.5, 0.6) is 0 Å². The minimum absolute atomic E-state index is 0.0903. The monoisotopic (exact) mass is 440 g/mol. The molecule has 1 aliphatic heterocycles. The number of halogens is 2. The van der Waals surface area contributed by atoms with Gasteiger partial charge in [-0.25, -0.2) is 8.42 Å². The van der Waals surface area contributed by atoms with E-state index in [0.717, 1.165) is 11.1 Å². The second-order valence-electron chi connectivity index (χ2n) is 7.05. The van der Waals surface area contributed by atoms with Gasteiger partial charge in [0.05, 0.1) is 14.9 Å². The van der Waals surface area contributed by atoms with Gasteiger partial charge in [0.25, 0.3) is 5.91 Å². The first-order valence-corrected chi connectivity index (χ1v) is 11.2. The lowest BCUT2D eigenvalue weighted by molar-refractivity contribution is 0.0924. The van der Waals surface area contributed by atoms with Crippen LogP contribution in [0, 0.1) is 13.8 Å². The molecule has 2 aromatic rings. The van der Waals surface area contributed by atoms with Gasteiger partial charge >= 0.3 is 0 Å². The van der Waals surface area contributed by atoms with E-state index in [-0.39, 0.29) is 11.9 Å². The Labute approximate surface area is 175 Å². The fourth-order valence-electron chi connectivity index (χ4n) is 3.37. The lowest BCUT2D eigenvalue weighted by Gasteiger charge is -2.32. The molecule has 1 heterocycles. The molecule has 3 rings (SSSR count). The van der Waals surface area contributed by atoms with Crippen LogP contribution in [-0.4, -0.2) is 37.8 Å². The van der Waals surface area contributed by atoms with Crippen molar-refractivity contribution in [2.45, 2.75) is 37.6 Å². The number of hydrogen-bond acceptors (Lipinski definition) is 3. The van der Waals surface area contributed by atoms with Crippen LogP contribution in [-0.2, 0) is 10.0 Å². The number of benzene rings is 2. The van der Waals surface area contributed by atoms with Gasteiger partial charge in [0.1, 0.15) is 0 Å². The van der Waals surface area contributed by atoms with E-state index in [2.05, 4.69) is 5.32 Å². The summed E-state index contributed by atoms with van der Waals surface area (Å²) in [4.78, 5) is 12.8. The minimum atomic E-state index is -3.54. The Morgan fingerprint density at radius 2 is 1.71 bits per heavy atom. The van der Waals surface area contributed by atoms with E-state index in [1.165, 1.54) is 10.4 Å². The topological polar surface area (TPSA) is 66.5 Å². The van der Waals surface area contributed by atoms with Crippen molar-refractivity contribution in [1.82, 2.24) is 9.62 Å². The molecule has 0 spiro atoms. The highest BCUT2D eigenvalue weighted by Crippen LogP contribution is 2.25. The molecular weight excluding hydrogens is 419 g/mol. The Kier molecular flexibility index (Phi) is 6.34. The van der Waals surface area contributed by atoms with Gasteiger partial charge in [0, 0.05) is 24.7 Å². The average Bonchev–Trinajstić information content (AvgIpc) is 2.64. The van der Waals surface area contributed by atoms with Crippen LogP contribution in [0.25, 0.3) is 0 Å². The molecule has 8 heteroatoms. The number of amides is 1. The highest BCUT2D eigenvalue weighted by atomic mass is 35.5. The molecule has 5 nitrogen and oxygen atoms in total. The maximum Gasteiger partial charge on any atom is 0.251 e. The predicted octanol–water partition coefficient (Wildman–Crippen LogP) is 4.19. The molecule has 0 unspecified atom stereocenters. The average molecular weight is 441 g/mol. The molecule has 0 aromatic heterocycles. The van der Waals surface area contributed by atoms with Crippen molar-refractivity contribution in [1.29, 1.82) is 0 Å². The van der Waals surface area contributed by atoms with Gasteiger partial charge in [0.15, 0.2) is 0 Å². The molecule has 0 aliphatic carbocycles. The summed E-state index contributed by atoms with van der Waals surface area (Å²) in [5.41, 5.74) is 2.20. The maximum atomic E-state index is 13.0. The van der Waals surface area contributed by atoms with E-state index in [0.29, 0.717) is 46.4 Å². The normalized spacial score (nSPS) is 16.1. The summed E-state index contributed by atoms with van der Waals surface area (Å²) in [5, 5.41) is 3.66. The fraction of sp³-hybridized carbons (Fsp3) is 0.350. The van der Waals surface area contributed by atoms with Crippen molar-refractivity contribution >= 4 is 39.1 Å².